The van der Waals surface area contributed by atoms with Gasteiger partial charge in [-0.3, -0.25) is 0 Å². The highest BCUT2D eigenvalue weighted by Crippen LogP contribution is 2.44. The first-order valence-electron chi connectivity index (χ1n) is 12.4. The van der Waals surface area contributed by atoms with Gasteiger partial charge in [0.25, 0.3) is 0 Å². The summed E-state index contributed by atoms with van der Waals surface area (Å²) in [4.78, 5) is 27.5. The van der Waals surface area contributed by atoms with Gasteiger partial charge < -0.3 is 19.7 Å². The molecular weight excluding hydrogens is 428 g/mol. The molecule has 1 aliphatic carbocycles. The maximum atomic E-state index is 13.3. The molecule has 2 aromatic carbocycles. The van der Waals surface area contributed by atoms with Crippen LogP contribution in [0.3, 0.4) is 0 Å². The molecule has 6 nitrogen and oxygen atoms in total. The summed E-state index contributed by atoms with van der Waals surface area (Å²) in [5.74, 6) is 0.0579. The highest BCUT2D eigenvalue weighted by molar-refractivity contribution is 5.79. The van der Waals surface area contributed by atoms with Crippen molar-refractivity contribution in [3.05, 3.63) is 59.7 Å². The molecule has 0 aromatic heterocycles. The van der Waals surface area contributed by atoms with Crippen LogP contribution in [0.4, 0.5) is 9.59 Å². The molecule has 2 aliphatic heterocycles. The number of nitrogens with zero attached hydrogens (tertiary/aromatic N) is 1. The highest BCUT2D eigenvalue weighted by atomic mass is 16.6. The SMILES string of the molecule is CC(C)(C)OC(=O)NC1CC2CCCC(C1)N2C(=O)OCC1c2ccccc2-c2ccccc21. The molecule has 1 N–H and O–H groups in total. The van der Waals surface area contributed by atoms with Crippen LogP contribution in [-0.4, -0.2) is 47.4 Å². The van der Waals surface area contributed by atoms with Crippen LogP contribution in [0.5, 0.6) is 0 Å². The molecule has 0 saturated carbocycles. The van der Waals surface area contributed by atoms with Crippen molar-refractivity contribution in [2.45, 2.75) is 82.5 Å². The Morgan fingerprint density at radius 2 is 1.50 bits per heavy atom. The van der Waals surface area contributed by atoms with Gasteiger partial charge in [0.05, 0.1) is 0 Å². The third-order valence-corrected chi connectivity index (χ3v) is 7.24. The molecule has 2 heterocycles. The zero-order valence-corrected chi connectivity index (χ0v) is 20.3. The van der Waals surface area contributed by atoms with Crippen molar-refractivity contribution in [2.75, 3.05) is 6.61 Å². The van der Waals surface area contributed by atoms with Crippen LogP contribution in [0, 0.1) is 0 Å². The minimum absolute atomic E-state index is 0.0165. The monoisotopic (exact) mass is 462 g/mol. The molecule has 3 aliphatic rings. The predicted octanol–water partition coefficient (Wildman–Crippen LogP) is 5.85. The van der Waals surface area contributed by atoms with Crippen molar-refractivity contribution < 1.29 is 19.1 Å². The maximum Gasteiger partial charge on any atom is 0.410 e. The van der Waals surface area contributed by atoms with E-state index in [1.54, 1.807) is 0 Å². The molecule has 2 amide bonds. The zero-order chi connectivity index (χ0) is 23.9. The number of nitrogens with one attached hydrogen (secondary N) is 1. The Kier molecular flexibility index (Phi) is 6.00. The number of rotatable bonds is 3. The Bertz CT molecular complexity index is 1020. The van der Waals surface area contributed by atoms with E-state index in [0.29, 0.717) is 6.61 Å². The Hall–Kier alpha value is -3.02. The lowest BCUT2D eigenvalue weighted by Gasteiger charge is -2.48. The third kappa shape index (κ3) is 4.50. The van der Waals surface area contributed by atoms with Crippen LogP contribution in [0.25, 0.3) is 11.1 Å². The summed E-state index contributed by atoms with van der Waals surface area (Å²) in [7, 11) is 0. The van der Waals surface area contributed by atoms with Crippen molar-refractivity contribution in [2.24, 2.45) is 0 Å². The second-order valence-corrected chi connectivity index (χ2v) is 10.8. The number of ether oxygens (including phenoxy) is 2. The number of piperidine rings is 2. The maximum absolute atomic E-state index is 13.3. The van der Waals surface area contributed by atoms with E-state index >= 15 is 0 Å². The Balaban J connectivity index is 1.24. The fourth-order valence-electron chi connectivity index (χ4n) is 5.94. The van der Waals surface area contributed by atoms with Crippen LogP contribution in [-0.2, 0) is 9.47 Å². The van der Waals surface area contributed by atoms with Crippen LogP contribution < -0.4 is 5.32 Å². The molecule has 2 bridgehead atoms. The molecule has 6 heteroatoms. The smallest absolute Gasteiger partial charge is 0.410 e. The van der Waals surface area contributed by atoms with Gasteiger partial charge in [0.1, 0.15) is 12.2 Å². The van der Waals surface area contributed by atoms with E-state index in [1.165, 1.54) is 22.3 Å². The summed E-state index contributed by atoms with van der Waals surface area (Å²) in [6, 6.07) is 17.0. The average Bonchev–Trinajstić information content (AvgIpc) is 3.09. The molecule has 2 aromatic rings. The van der Waals surface area contributed by atoms with Crippen molar-refractivity contribution in [1.29, 1.82) is 0 Å². The fourth-order valence-corrected chi connectivity index (χ4v) is 5.94. The van der Waals surface area contributed by atoms with E-state index in [-0.39, 0.29) is 36.2 Å². The predicted molar refractivity (Wildman–Crippen MR) is 131 cm³/mol. The number of carbonyl (C=O) groups is 2. The number of hydrogen-bond acceptors (Lipinski definition) is 4. The molecule has 180 valence electrons. The second kappa shape index (κ2) is 8.97. The number of benzene rings is 2. The number of fused-ring (bicyclic) bond motifs is 5. The molecule has 2 saturated heterocycles. The molecule has 0 radical (unpaired) electrons. The lowest BCUT2D eigenvalue weighted by molar-refractivity contribution is 0.00826. The van der Waals surface area contributed by atoms with Crippen molar-refractivity contribution in [3.8, 4) is 11.1 Å². The van der Waals surface area contributed by atoms with Crippen LogP contribution >= 0.6 is 0 Å². The summed E-state index contributed by atoms with van der Waals surface area (Å²) < 4.78 is 11.4. The van der Waals surface area contributed by atoms with E-state index in [0.717, 1.165) is 32.1 Å². The molecule has 0 spiro atoms. The number of amides is 2. The quantitative estimate of drug-likeness (QED) is 0.622. The van der Waals surface area contributed by atoms with Gasteiger partial charge in [-0.2, -0.15) is 0 Å². The van der Waals surface area contributed by atoms with E-state index in [9.17, 15) is 9.59 Å². The van der Waals surface area contributed by atoms with Gasteiger partial charge in [-0.15, -0.1) is 0 Å². The summed E-state index contributed by atoms with van der Waals surface area (Å²) in [6.07, 6.45) is 3.83. The normalized spacial score (nSPS) is 23.6. The molecule has 2 fully saturated rings. The largest absolute Gasteiger partial charge is 0.448 e. The number of carbonyl (C=O) groups excluding carboxylic acids is 2. The van der Waals surface area contributed by atoms with E-state index in [1.807, 2.05) is 37.8 Å². The first-order chi connectivity index (χ1) is 16.3. The van der Waals surface area contributed by atoms with Gasteiger partial charge in [-0.05, 0) is 75.1 Å². The zero-order valence-electron chi connectivity index (χ0n) is 20.3. The third-order valence-electron chi connectivity index (χ3n) is 7.24. The molecule has 2 atom stereocenters. The van der Waals surface area contributed by atoms with Gasteiger partial charge >= 0.3 is 12.2 Å². The topological polar surface area (TPSA) is 67.9 Å². The lowest BCUT2D eigenvalue weighted by Crippen LogP contribution is -2.59. The number of hydrogen-bond donors (Lipinski definition) is 1. The fraction of sp³-hybridized carbons (Fsp3) is 0.500. The van der Waals surface area contributed by atoms with Crippen LogP contribution in [0.15, 0.2) is 48.5 Å². The molecule has 34 heavy (non-hydrogen) atoms. The summed E-state index contributed by atoms with van der Waals surface area (Å²) in [6.45, 7) is 5.92. The van der Waals surface area contributed by atoms with E-state index < -0.39 is 5.60 Å². The molecule has 5 rings (SSSR count). The van der Waals surface area contributed by atoms with Gasteiger partial charge in [0, 0.05) is 24.0 Å². The van der Waals surface area contributed by atoms with Crippen molar-refractivity contribution in [1.82, 2.24) is 10.2 Å². The second-order valence-electron chi connectivity index (χ2n) is 10.8. The van der Waals surface area contributed by atoms with Crippen molar-refractivity contribution >= 4 is 12.2 Å². The summed E-state index contributed by atoms with van der Waals surface area (Å²) in [5.41, 5.74) is 4.37. The highest BCUT2D eigenvalue weighted by Gasteiger charge is 2.43. The summed E-state index contributed by atoms with van der Waals surface area (Å²) in [5, 5.41) is 3.02. The Morgan fingerprint density at radius 1 is 0.941 bits per heavy atom. The molecule has 2 unspecified atom stereocenters. The standard InChI is InChI=1S/C28H34N2O4/c1-28(2,3)34-26(31)29-18-15-19-9-8-10-20(16-18)30(19)27(32)33-17-25-23-13-6-4-11-21(23)22-12-5-7-14-24(22)25/h4-7,11-14,18-20,25H,8-10,15-17H2,1-3H3,(H,29,31). The van der Waals surface area contributed by atoms with Crippen LogP contribution in [0.1, 0.15) is 69.9 Å². The first kappa shape index (κ1) is 22.8. The van der Waals surface area contributed by atoms with E-state index in [4.69, 9.17) is 9.47 Å². The average molecular weight is 463 g/mol. The number of alkyl carbamates (subject to hydrolysis) is 1. The lowest BCUT2D eigenvalue weighted by atomic mass is 9.82. The van der Waals surface area contributed by atoms with Crippen molar-refractivity contribution in [3.63, 3.8) is 0 Å². The minimum atomic E-state index is -0.526. The van der Waals surface area contributed by atoms with Gasteiger partial charge in [-0.1, -0.05) is 48.5 Å². The van der Waals surface area contributed by atoms with Gasteiger partial charge in [-0.25, -0.2) is 9.59 Å². The van der Waals surface area contributed by atoms with Gasteiger partial charge in [0.2, 0.25) is 0 Å². The Labute approximate surface area is 201 Å². The Morgan fingerprint density at radius 3 is 2.06 bits per heavy atom. The first-order valence-corrected chi connectivity index (χ1v) is 12.4. The van der Waals surface area contributed by atoms with Gasteiger partial charge in [0.15, 0.2) is 0 Å². The van der Waals surface area contributed by atoms with E-state index in [2.05, 4.69) is 41.7 Å². The molecular formula is C28H34N2O4. The summed E-state index contributed by atoms with van der Waals surface area (Å²) >= 11 is 0. The van der Waals surface area contributed by atoms with Crippen LogP contribution in [0.2, 0.25) is 0 Å². The minimum Gasteiger partial charge on any atom is -0.448 e.